The van der Waals surface area contributed by atoms with Crippen LogP contribution in [0.2, 0.25) is 0 Å². The summed E-state index contributed by atoms with van der Waals surface area (Å²) in [6, 6.07) is 6.00. The number of carbonyl (C=O) groups is 1. The second kappa shape index (κ2) is 3.72. The first-order valence-electron chi connectivity index (χ1n) is 5.40. The fraction of sp³-hybridized carbons (Fsp3) is 0.462. The van der Waals surface area contributed by atoms with Crippen molar-refractivity contribution in [1.29, 1.82) is 0 Å². The van der Waals surface area contributed by atoms with Crippen LogP contribution in [0.5, 0.6) is 0 Å². The highest BCUT2D eigenvalue weighted by molar-refractivity contribution is 6.35. The number of epoxide rings is 1. The molecule has 4 heteroatoms. The van der Waals surface area contributed by atoms with Crippen molar-refractivity contribution in [3.05, 3.63) is 34.9 Å². The van der Waals surface area contributed by atoms with Crippen LogP contribution in [0.15, 0.2) is 18.2 Å². The first-order valence-corrected chi connectivity index (χ1v) is 5.77. The summed E-state index contributed by atoms with van der Waals surface area (Å²) in [5.41, 5.74) is 2.31. The van der Waals surface area contributed by atoms with Gasteiger partial charge in [0.1, 0.15) is 5.60 Å². The van der Waals surface area contributed by atoms with Gasteiger partial charge in [-0.3, -0.25) is 0 Å². The van der Waals surface area contributed by atoms with Crippen molar-refractivity contribution < 1.29 is 14.3 Å². The molecule has 0 bridgehead atoms. The largest absolute Gasteiger partial charge is 0.466 e. The molecular weight excluding hydrogens is 240 g/mol. The molecule has 3 nitrogen and oxygen atoms in total. The lowest BCUT2D eigenvalue weighted by atomic mass is 9.94. The van der Waals surface area contributed by atoms with Crippen LogP contribution in [0.3, 0.4) is 0 Å². The zero-order valence-corrected chi connectivity index (χ0v) is 11.1. The average molecular weight is 255 g/mol. The van der Waals surface area contributed by atoms with Crippen LogP contribution >= 0.6 is 11.6 Å². The number of esters is 1. The number of halogens is 1. The number of hydrogen-bond donors (Lipinski definition) is 0. The lowest BCUT2D eigenvalue weighted by molar-refractivity contribution is -0.143. The third kappa shape index (κ3) is 1.74. The van der Waals surface area contributed by atoms with Gasteiger partial charge in [0, 0.05) is 0 Å². The van der Waals surface area contributed by atoms with Gasteiger partial charge < -0.3 is 9.47 Å². The maximum Gasteiger partial charge on any atom is 0.357 e. The molecule has 2 atom stereocenters. The Morgan fingerprint density at radius 1 is 1.29 bits per heavy atom. The minimum atomic E-state index is -1.39. The molecule has 0 saturated carbocycles. The Bertz CT molecular complexity index is 465. The predicted molar refractivity (Wildman–Crippen MR) is 65.0 cm³/mol. The summed E-state index contributed by atoms with van der Waals surface area (Å²) in [6.45, 7) is 5.79. The molecule has 0 spiro atoms. The predicted octanol–water partition coefficient (Wildman–Crippen LogP) is 2.66. The van der Waals surface area contributed by atoms with Crippen LogP contribution in [0.4, 0.5) is 0 Å². The maximum absolute atomic E-state index is 11.6. The quantitative estimate of drug-likeness (QED) is 0.463. The number of carbonyl (C=O) groups excluding carboxylic acids is 1. The number of hydrogen-bond acceptors (Lipinski definition) is 3. The van der Waals surface area contributed by atoms with Gasteiger partial charge in [0.05, 0.1) is 7.11 Å². The molecule has 0 N–H and O–H groups in total. The van der Waals surface area contributed by atoms with Crippen molar-refractivity contribution in [1.82, 2.24) is 0 Å². The van der Waals surface area contributed by atoms with Gasteiger partial charge in [-0.15, -0.1) is 0 Å². The van der Waals surface area contributed by atoms with Crippen molar-refractivity contribution >= 4 is 17.6 Å². The molecule has 2 rings (SSSR count). The van der Waals surface area contributed by atoms with Gasteiger partial charge in [-0.2, -0.15) is 0 Å². The first kappa shape index (κ1) is 12.4. The van der Waals surface area contributed by atoms with E-state index in [9.17, 15) is 4.79 Å². The third-order valence-corrected chi connectivity index (χ3v) is 3.73. The topological polar surface area (TPSA) is 38.8 Å². The Balaban J connectivity index is 2.39. The summed E-state index contributed by atoms with van der Waals surface area (Å²) >= 11 is 6.14. The number of rotatable bonds is 2. The van der Waals surface area contributed by atoms with E-state index < -0.39 is 16.6 Å². The van der Waals surface area contributed by atoms with Gasteiger partial charge >= 0.3 is 5.97 Å². The Morgan fingerprint density at radius 3 is 2.29 bits per heavy atom. The molecule has 1 aromatic carbocycles. The molecule has 1 aliphatic rings. The Morgan fingerprint density at radius 2 is 1.82 bits per heavy atom. The number of aryl methyl sites for hydroxylation is 2. The normalized spacial score (nSPS) is 31.1. The van der Waals surface area contributed by atoms with Crippen molar-refractivity contribution in [3.8, 4) is 0 Å². The highest BCUT2D eigenvalue weighted by atomic mass is 35.5. The van der Waals surface area contributed by atoms with E-state index in [1.54, 1.807) is 6.92 Å². The van der Waals surface area contributed by atoms with Gasteiger partial charge in [-0.05, 0) is 26.3 Å². The van der Waals surface area contributed by atoms with Crippen LogP contribution in [0.25, 0.3) is 0 Å². The van der Waals surface area contributed by atoms with E-state index in [2.05, 4.69) is 10.8 Å². The summed E-state index contributed by atoms with van der Waals surface area (Å²) in [6.07, 6.45) is 0. The van der Waals surface area contributed by atoms with Crippen molar-refractivity contribution in [2.24, 2.45) is 0 Å². The smallest absolute Gasteiger partial charge is 0.357 e. The van der Waals surface area contributed by atoms with Crippen molar-refractivity contribution in [2.45, 2.75) is 31.4 Å². The average Bonchev–Trinajstić information content (AvgIpc) is 2.82. The molecule has 92 valence electrons. The Kier molecular flexibility index (Phi) is 2.71. The standard InChI is InChI=1S/C13H15ClO3/c1-8-5-9(2)7-10(6-8)12(3)13(14,17-12)11(15)16-4/h5-7H,1-4H3. The lowest BCUT2D eigenvalue weighted by Gasteiger charge is -2.11. The van der Waals surface area contributed by atoms with Crippen molar-refractivity contribution in [3.63, 3.8) is 0 Å². The minimum Gasteiger partial charge on any atom is -0.466 e. The molecule has 0 aromatic heterocycles. The summed E-state index contributed by atoms with van der Waals surface area (Å²) in [5, 5.41) is -1.39. The van der Waals surface area contributed by atoms with Crippen LogP contribution in [0.1, 0.15) is 23.6 Å². The molecule has 1 aromatic rings. The summed E-state index contributed by atoms with van der Waals surface area (Å²) in [4.78, 5) is 11.6. The molecule has 17 heavy (non-hydrogen) atoms. The molecule has 0 amide bonds. The van der Waals surface area contributed by atoms with Crippen LogP contribution in [-0.2, 0) is 19.9 Å². The number of methoxy groups -OCH3 is 1. The van der Waals surface area contributed by atoms with Crippen molar-refractivity contribution in [2.75, 3.05) is 7.11 Å². The van der Waals surface area contributed by atoms with Gasteiger partial charge in [0.15, 0.2) is 0 Å². The molecule has 0 aliphatic carbocycles. The highest BCUT2D eigenvalue weighted by Gasteiger charge is 2.73. The van der Waals surface area contributed by atoms with Gasteiger partial charge in [-0.1, -0.05) is 40.9 Å². The van der Waals surface area contributed by atoms with Gasteiger partial charge in [0.2, 0.25) is 0 Å². The van der Waals surface area contributed by atoms with E-state index in [0.29, 0.717) is 0 Å². The summed E-state index contributed by atoms with van der Waals surface area (Å²) < 4.78 is 10.1. The van der Waals surface area contributed by atoms with E-state index in [0.717, 1.165) is 16.7 Å². The number of benzene rings is 1. The van der Waals surface area contributed by atoms with E-state index >= 15 is 0 Å². The summed E-state index contributed by atoms with van der Waals surface area (Å²) in [7, 11) is 1.30. The van der Waals surface area contributed by atoms with Gasteiger partial charge in [0.25, 0.3) is 5.06 Å². The van der Waals surface area contributed by atoms with Gasteiger partial charge in [-0.25, -0.2) is 4.79 Å². The van der Waals surface area contributed by atoms with E-state index in [-0.39, 0.29) is 0 Å². The zero-order chi connectivity index (χ0) is 12.8. The number of ether oxygens (including phenoxy) is 2. The summed E-state index contributed by atoms with van der Waals surface area (Å²) in [5.74, 6) is -0.555. The van der Waals surface area contributed by atoms with Crippen LogP contribution in [0, 0.1) is 13.8 Å². The van der Waals surface area contributed by atoms with Crippen LogP contribution < -0.4 is 0 Å². The fourth-order valence-corrected chi connectivity index (χ4v) is 2.46. The number of alkyl halides is 1. The molecule has 2 unspecified atom stereocenters. The Labute approximate surface area is 106 Å². The monoisotopic (exact) mass is 254 g/mol. The molecule has 1 saturated heterocycles. The molecule has 0 radical (unpaired) electrons. The molecule has 1 aliphatic heterocycles. The fourth-order valence-electron chi connectivity index (χ4n) is 2.12. The highest BCUT2D eigenvalue weighted by Crippen LogP contribution is 2.59. The third-order valence-electron chi connectivity index (χ3n) is 3.14. The first-order chi connectivity index (χ1) is 7.83. The zero-order valence-electron chi connectivity index (χ0n) is 10.3. The van der Waals surface area contributed by atoms with E-state index in [1.807, 2.05) is 26.0 Å². The molecule has 1 fully saturated rings. The molecule has 1 heterocycles. The second-order valence-electron chi connectivity index (χ2n) is 4.60. The minimum absolute atomic E-state index is 0.555. The lowest BCUT2D eigenvalue weighted by Crippen LogP contribution is -2.27. The molecular formula is C13H15ClO3. The van der Waals surface area contributed by atoms with E-state index in [1.165, 1.54) is 7.11 Å². The van der Waals surface area contributed by atoms with E-state index in [4.69, 9.17) is 16.3 Å². The second-order valence-corrected chi connectivity index (χ2v) is 5.13. The maximum atomic E-state index is 11.6. The Hall–Kier alpha value is -1.06. The SMILES string of the molecule is COC(=O)C1(Cl)OC1(C)c1cc(C)cc(C)c1. The van der Waals surface area contributed by atoms with Crippen LogP contribution in [-0.4, -0.2) is 18.1 Å².